The van der Waals surface area contributed by atoms with Crippen molar-refractivity contribution in [3.8, 4) is 5.75 Å². The van der Waals surface area contributed by atoms with Crippen molar-refractivity contribution in [2.45, 2.75) is 32.1 Å². The van der Waals surface area contributed by atoms with Gasteiger partial charge in [0.2, 0.25) is 0 Å². The van der Waals surface area contributed by atoms with E-state index in [2.05, 4.69) is 43.4 Å². The molecule has 1 spiro atoms. The fourth-order valence-corrected chi connectivity index (χ4v) is 3.60. The second-order valence-corrected chi connectivity index (χ2v) is 5.85. The summed E-state index contributed by atoms with van der Waals surface area (Å²) in [7, 11) is 0. The van der Waals surface area contributed by atoms with Crippen LogP contribution in [0.1, 0.15) is 32.3 Å². The number of rotatable bonds is 4. The van der Waals surface area contributed by atoms with Crippen molar-refractivity contribution in [2.75, 3.05) is 19.7 Å². The first kappa shape index (κ1) is 12.0. The fraction of sp³-hybridized carbons (Fsp3) is 0.625. The van der Waals surface area contributed by atoms with E-state index in [1.165, 1.54) is 18.4 Å². The number of hydrogen-bond donors (Lipinski definition) is 1. The van der Waals surface area contributed by atoms with E-state index in [9.17, 15) is 0 Å². The Bertz CT molecular complexity index is 431. The first-order chi connectivity index (χ1) is 8.79. The Morgan fingerprint density at radius 1 is 1.39 bits per heavy atom. The predicted octanol–water partition coefficient (Wildman–Crippen LogP) is 2.97. The lowest BCUT2D eigenvalue weighted by atomic mass is 9.80. The van der Waals surface area contributed by atoms with Gasteiger partial charge in [0.25, 0.3) is 0 Å². The summed E-state index contributed by atoms with van der Waals surface area (Å²) in [6.45, 7) is 7.74. The maximum absolute atomic E-state index is 5.86. The van der Waals surface area contributed by atoms with Crippen LogP contribution in [0.15, 0.2) is 24.3 Å². The SMILES string of the molecule is CCCNCC1CC12c1ccccc1OCC2C. The van der Waals surface area contributed by atoms with Crippen LogP contribution >= 0.6 is 0 Å². The molecule has 98 valence electrons. The highest BCUT2D eigenvalue weighted by Crippen LogP contribution is 2.62. The van der Waals surface area contributed by atoms with Crippen LogP contribution in [-0.4, -0.2) is 19.7 Å². The molecule has 2 nitrogen and oxygen atoms in total. The number of para-hydroxylation sites is 1. The number of ether oxygens (including phenoxy) is 1. The van der Waals surface area contributed by atoms with Crippen LogP contribution in [0.5, 0.6) is 5.75 Å². The number of nitrogens with one attached hydrogen (secondary N) is 1. The average molecular weight is 245 g/mol. The van der Waals surface area contributed by atoms with Crippen LogP contribution in [0.2, 0.25) is 0 Å². The van der Waals surface area contributed by atoms with Crippen LogP contribution in [0.4, 0.5) is 0 Å². The Labute approximate surface area is 110 Å². The minimum Gasteiger partial charge on any atom is -0.493 e. The van der Waals surface area contributed by atoms with Crippen LogP contribution in [0.3, 0.4) is 0 Å². The van der Waals surface area contributed by atoms with Crippen molar-refractivity contribution in [1.82, 2.24) is 5.32 Å². The minimum absolute atomic E-state index is 0.398. The second-order valence-electron chi connectivity index (χ2n) is 5.85. The lowest BCUT2D eigenvalue weighted by Gasteiger charge is -2.33. The molecule has 18 heavy (non-hydrogen) atoms. The number of hydrogen-bond acceptors (Lipinski definition) is 2. The van der Waals surface area contributed by atoms with Gasteiger partial charge in [-0.1, -0.05) is 32.0 Å². The molecule has 1 saturated carbocycles. The molecule has 1 fully saturated rings. The van der Waals surface area contributed by atoms with Gasteiger partial charge in [-0.25, -0.2) is 0 Å². The molecule has 1 N–H and O–H groups in total. The zero-order valence-corrected chi connectivity index (χ0v) is 11.4. The van der Waals surface area contributed by atoms with Crippen LogP contribution in [-0.2, 0) is 5.41 Å². The van der Waals surface area contributed by atoms with Crippen molar-refractivity contribution in [1.29, 1.82) is 0 Å². The number of benzene rings is 1. The van der Waals surface area contributed by atoms with Crippen molar-refractivity contribution in [2.24, 2.45) is 11.8 Å². The Morgan fingerprint density at radius 2 is 2.22 bits per heavy atom. The quantitative estimate of drug-likeness (QED) is 0.823. The third kappa shape index (κ3) is 1.74. The van der Waals surface area contributed by atoms with Gasteiger partial charge >= 0.3 is 0 Å². The zero-order valence-electron chi connectivity index (χ0n) is 11.4. The summed E-state index contributed by atoms with van der Waals surface area (Å²) < 4.78 is 5.86. The maximum atomic E-state index is 5.86. The third-order valence-electron chi connectivity index (χ3n) is 4.73. The average Bonchev–Trinajstić information content (AvgIpc) is 3.11. The molecule has 3 atom stereocenters. The molecular weight excluding hydrogens is 222 g/mol. The van der Waals surface area contributed by atoms with E-state index in [1.807, 2.05) is 0 Å². The molecule has 3 unspecified atom stereocenters. The standard InChI is InChI=1S/C16H23NO/c1-3-8-17-10-13-9-16(13)12(2)11-18-15-7-5-4-6-14(15)16/h4-7,12-13,17H,3,8-11H2,1-2H3. The second kappa shape index (κ2) is 4.58. The Kier molecular flexibility index (Phi) is 3.06. The summed E-state index contributed by atoms with van der Waals surface area (Å²) in [6, 6.07) is 8.62. The molecule has 0 aromatic heterocycles. The molecule has 1 aliphatic carbocycles. The predicted molar refractivity (Wildman–Crippen MR) is 74.0 cm³/mol. The monoisotopic (exact) mass is 245 g/mol. The van der Waals surface area contributed by atoms with Crippen molar-refractivity contribution in [3.05, 3.63) is 29.8 Å². The molecule has 2 heteroatoms. The van der Waals surface area contributed by atoms with E-state index in [0.29, 0.717) is 11.3 Å². The molecule has 2 aliphatic rings. The van der Waals surface area contributed by atoms with Crippen LogP contribution in [0, 0.1) is 11.8 Å². The molecule has 1 heterocycles. The highest BCUT2D eigenvalue weighted by molar-refractivity contribution is 5.47. The normalized spacial score (nSPS) is 33.0. The topological polar surface area (TPSA) is 21.3 Å². The minimum atomic E-state index is 0.398. The summed E-state index contributed by atoms with van der Waals surface area (Å²) >= 11 is 0. The summed E-state index contributed by atoms with van der Waals surface area (Å²) in [6.07, 6.45) is 2.54. The summed E-state index contributed by atoms with van der Waals surface area (Å²) in [5.41, 5.74) is 1.85. The number of fused-ring (bicyclic) bond motifs is 2. The van der Waals surface area contributed by atoms with Crippen LogP contribution < -0.4 is 10.1 Å². The van der Waals surface area contributed by atoms with Gasteiger partial charge in [0.1, 0.15) is 5.75 Å². The van der Waals surface area contributed by atoms with Gasteiger partial charge < -0.3 is 10.1 Å². The van der Waals surface area contributed by atoms with Crippen molar-refractivity contribution >= 4 is 0 Å². The van der Waals surface area contributed by atoms with Crippen LogP contribution in [0.25, 0.3) is 0 Å². The molecule has 1 aromatic carbocycles. The van der Waals surface area contributed by atoms with Crippen molar-refractivity contribution in [3.63, 3.8) is 0 Å². The Hall–Kier alpha value is -1.02. The van der Waals surface area contributed by atoms with E-state index < -0.39 is 0 Å². The van der Waals surface area contributed by atoms with Gasteiger partial charge in [0, 0.05) is 16.9 Å². The molecule has 0 radical (unpaired) electrons. The van der Waals surface area contributed by atoms with Gasteiger partial charge in [-0.15, -0.1) is 0 Å². The molecule has 1 aliphatic heterocycles. The van der Waals surface area contributed by atoms with Crippen molar-refractivity contribution < 1.29 is 4.74 Å². The van der Waals surface area contributed by atoms with Gasteiger partial charge in [-0.2, -0.15) is 0 Å². The smallest absolute Gasteiger partial charge is 0.123 e. The van der Waals surface area contributed by atoms with E-state index >= 15 is 0 Å². The third-order valence-corrected chi connectivity index (χ3v) is 4.73. The molecule has 0 bridgehead atoms. The van der Waals surface area contributed by atoms with Gasteiger partial charge in [-0.05, 0) is 37.9 Å². The summed E-state index contributed by atoms with van der Waals surface area (Å²) in [5.74, 6) is 2.55. The molecule has 3 rings (SSSR count). The van der Waals surface area contributed by atoms with E-state index in [0.717, 1.165) is 31.4 Å². The molecule has 0 amide bonds. The largest absolute Gasteiger partial charge is 0.493 e. The molecule has 1 aromatic rings. The van der Waals surface area contributed by atoms with E-state index in [1.54, 1.807) is 0 Å². The lowest BCUT2D eigenvalue weighted by Crippen LogP contribution is -2.33. The maximum Gasteiger partial charge on any atom is 0.123 e. The highest BCUT2D eigenvalue weighted by atomic mass is 16.5. The van der Waals surface area contributed by atoms with E-state index in [4.69, 9.17) is 4.74 Å². The van der Waals surface area contributed by atoms with E-state index in [-0.39, 0.29) is 0 Å². The summed E-state index contributed by atoms with van der Waals surface area (Å²) in [5, 5.41) is 3.58. The van der Waals surface area contributed by atoms with Gasteiger partial charge in [0.05, 0.1) is 6.61 Å². The molecular formula is C16H23NO. The Morgan fingerprint density at radius 3 is 3.06 bits per heavy atom. The zero-order chi connectivity index (χ0) is 12.6. The Balaban J connectivity index is 1.80. The van der Waals surface area contributed by atoms with Gasteiger partial charge in [-0.3, -0.25) is 0 Å². The molecule has 0 saturated heterocycles. The van der Waals surface area contributed by atoms with Gasteiger partial charge in [0.15, 0.2) is 0 Å². The first-order valence-electron chi connectivity index (χ1n) is 7.22. The lowest BCUT2D eigenvalue weighted by molar-refractivity contribution is 0.186. The first-order valence-corrected chi connectivity index (χ1v) is 7.22. The summed E-state index contributed by atoms with van der Waals surface area (Å²) in [4.78, 5) is 0. The fourth-order valence-electron chi connectivity index (χ4n) is 3.60. The highest BCUT2D eigenvalue weighted by Gasteiger charge is 2.60.